The summed E-state index contributed by atoms with van der Waals surface area (Å²) in [4.78, 5) is 12.9. The number of ether oxygens (including phenoxy) is 1. The van der Waals surface area contributed by atoms with Crippen molar-refractivity contribution >= 4 is 25.1 Å². The van der Waals surface area contributed by atoms with E-state index >= 15 is 0 Å². The first-order valence-electron chi connectivity index (χ1n) is 10.1. The van der Waals surface area contributed by atoms with Gasteiger partial charge in [-0.1, -0.05) is 70.3 Å². The number of fused-ring (bicyclic) bond motifs is 1. The molecule has 3 aromatic rings. The van der Waals surface area contributed by atoms with Gasteiger partial charge in [0.25, 0.3) is 0 Å². The molecule has 0 aliphatic rings. The Morgan fingerprint density at radius 3 is 2.26 bits per heavy atom. The van der Waals surface area contributed by atoms with E-state index < -0.39 is 31.9 Å². The summed E-state index contributed by atoms with van der Waals surface area (Å²) in [5.41, 5.74) is 1.11. The van der Waals surface area contributed by atoms with Crippen LogP contribution in [0.15, 0.2) is 54.7 Å². The number of hydrogen-bond acceptors (Lipinski definition) is 2. The third-order valence-electron chi connectivity index (χ3n) is 6.48. The lowest BCUT2D eigenvalue weighted by Gasteiger charge is -2.38. The van der Waals surface area contributed by atoms with Gasteiger partial charge in [-0.05, 0) is 28.3 Å². The molecule has 1 aromatic heterocycles. The van der Waals surface area contributed by atoms with Crippen molar-refractivity contribution in [1.82, 2.24) is 4.23 Å². The molecule has 7 heteroatoms. The standard InChI is InChI=1S/C24H28F3NO2Si/c1-23(2,3)31(5,6)28-15-19(18-12-7-8-13-20(18)28)21(22(29)30-4)16-10-9-11-17(14-16)24(25,26)27/h7-15,21H,1-6H3. The number of para-hydroxylation sites is 1. The Morgan fingerprint density at radius 1 is 1.03 bits per heavy atom. The SMILES string of the molecule is COC(=O)C(c1cccc(C(F)(F)F)c1)c1cn([Si](C)(C)C(C)(C)C)c2ccccc12. The van der Waals surface area contributed by atoms with Crippen molar-refractivity contribution in [2.45, 2.75) is 51.0 Å². The minimum atomic E-state index is -4.49. The van der Waals surface area contributed by atoms with E-state index in [9.17, 15) is 18.0 Å². The molecule has 0 fully saturated rings. The van der Waals surface area contributed by atoms with Crippen LogP contribution in [0.5, 0.6) is 0 Å². The molecule has 0 saturated carbocycles. The third-order valence-corrected chi connectivity index (χ3v) is 11.7. The van der Waals surface area contributed by atoms with E-state index in [1.54, 1.807) is 6.07 Å². The molecule has 0 amide bonds. The van der Waals surface area contributed by atoms with Gasteiger partial charge in [-0.3, -0.25) is 4.79 Å². The van der Waals surface area contributed by atoms with Crippen molar-refractivity contribution in [2.24, 2.45) is 0 Å². The monoisotopic (exact) mass is 447 g/mol. The summed E-state index contributed by atoms with van der Waals surface area (Å²) >= 11 is 0. The number of rotatable bonds is 4. The third kappa shape index (κ3) is 4.15. The van der Waals surface area contributed by atoms with Crippen molar-refractivity contribution in [3.05, 3.63) is 71.4 Å². The van der Waals surface area contributed by atoms with Gasteiger partial charge in [-0.15, -0.1) is 0 Å². The smallest absolute Gasteiger partial charge is 0.416 e. The van der Waals surface area contributed by atoms with Crippen LogP contribution >= 0.6 is 0 Å². The first kappa shape index (κ1) is 23.1. The van der Waals surface area contributed by atoms with Crippen LogP contribution < -0.4 is 0 Å². The highest BCUT2D eigenvalue weighted by molar-refractivity contribution is 6.79. The molecule has 166 valence electrons. The molecule has 2 aromatic carbocycles. The summed E-state index contributed by atoms with van der Waals surface area (Å²) < 4.78 is 47.3. The quantitative estimate of drug-likeness (QED) is 0.325. The molecule has 3 rings (SSSR count). The number of halogens is 3. The molecular weight excluding hydrogens is 419 g/mol. The summed E-state index contributed by atoms with van der Waals surface area (Å²) in [7, 11) is -0.813. The molecule has 0 saturated heterocycles. The van der Waals surface area contributed by atoms with E-state index in [1.165, 1.54) is 13.2 Å². The average molecular weight is 448 g/mol. The molecule has 0 aliphatic heterocycles. The lowest BCUT2D eigenvalue weighted by Crippen LogP contribution is -2.44. The Hall–Kier alpha value is -2.54. The maximum atomic E-state index is 13.3. The van der Waals surface area contributed by atoms with Crippen molar-refractivity contribution in [3.63, 3.8) is 0 Å². The van der Waals surface area contributed by atoms with E-state index in [1.807, 2.05) is 30.5 Å². The minimum Gasteiger partial charge on any atom is -0.468 e. The van der Waals surface area contributed by atoms with Crippen LogP contribution in [0.2, 0.25) is 18.1 Å². The van der Waals surface area contributed by atoms with Crippen LogP contribution in [0.1, 0.15) is 43.4 Å². The Labute approximate surface area is 181 Å². The predicted octanol–water partition coefficient (Wildman–Crippen LogP) is 6.82. The average Bonchev–Trinajstić information content (AvgIpc) is 3.07. The second kappa shape index (κ2) is 7.86. The molecule has 0 spiro atoms. The first-order chi connectivity index (χ1) is 14.3. The van der Waals surface area contributed by atoms with Crippen molar-refractivity contribution in [1.29, 1.82) is 0 Å². The zero-order valence-electron chi connectivity index (χ0n) is 18.7. The number of alkyl halides is 3. The highest BCUT2D eigenvalue weighted by Crippen LogP contribution is 2.42. The lowest BCUT2D eigenvalue weighted by molar-refractivity contribution is -0.142. The van der Waals surface area contributed by atoms with Gasteiger partial charge in [0.1, 0.15) is 5.92 Å². The number of benzene rings is 2. The van der Waals surface area contributed by atoms with Crippen molar-refractivity contribution in [3.8, 4) is 0 Å². The molecule has 3 nitrogen and oxygen atoms in total. The molecule has 0 aliphatic carbocycles. The molecule has 31 heavy (non-hydrogen) atoms. The van der Waals surface area contributed by atoms with Crippen LogP contribution in [0.25, 0.3) is 10.9 Å². The number of carbonyl (C=O) groups is 1. The summed E-state index contributed by atoms with van der Waals surface area (Å²) in [6.07, 6.45) is -2.55. The van der Waals surface area contributed by atoms with Crippen LogP contribution in [-0.2, 0) is 15.7 Å². The largest absolute Gasteiger partial charge is 0.468 e. The van der Waals surface area contributed by atoms with Gasteiger partial charge in [0.05, 0.1) is 12.7 Å². The zero-order valence-corrected chi connectivity index (χ0v) is 19.7. The molecule has 1 heterocycles. The number of esters is 1. The maximum Gasteiger partial charge on any atom is 0.416 e. The number of carbonyl (C=O) groups excluding carboxylic acids is 1. The maximum absolute atomic E-state index is 13.3. The summed E-state index contributed by atoms with van der Waals surface area (Å²) in [6, 6.07) is 12.7. The molecule has 0 radical (unpaired) electrons. The van der Waals surface area contributed by atoms with E-state index in [2.05, 4.69) is 38.1 Å². The zero-order chi connectivity index (χ0) is 23.2. The molecule has 1 unspecified atom stereocenters. The highest BCUT2D eigenvalue weighted by atomic mass is 28.3. The Bertz CT molecular complexity index is 1110. The fourth-order valence-electron chi connectivity index (χ4n) is 3.71. The van der Waals surface area contributed by atoms with Crippen molar-refractivity contribution in [2.75, 3.05) is 7.11 Å². The second-order valence-corrected chi connectivity index (χ2v) is 14.5. The van der Waals surface area contributed by atoms with Gasteiger partial charge in [0, 0.05) is 17.1 Å². The predicted molar refractivity (Wildman–Crippen MR) is 120 cm³/mol. The summed E-state index contributed by atoms with van der Waals surface area (Å²) in [5, 5.41) is 0.864. The Morgan fingerprint density at radius 2 is 1.68 bits per heavy atom. The Balaban J connectivity index is 2.30. The molecular formula is C24H28F3NO2Si. The van der Waals surface area contributed by atoms with Crippen LogP contribution in [0.3, 0.4) is 0 Å². The lowest BCUT2D eigenvalue weighted by atomic mass is 9.90. The van der Waals surface area contributed by atoms with E-state index in [-0.39, 0.29) is 10.6 Å². The molecule has 0 N–H and O–H groups in total. The van der Waals surface area contributed by atoms with Gasteiger partial charge in [-0.25, -0.2) is 0 Å². The van der Waals surface area contributed by atoms with Crippen LogP contribution in [0, 0.1) is 0 Å². The van der Waals surface area contributed by atoms with Gasteiger partial charge >= 0.3 is 12.1 Å². The van der Waals surface area contributed by atoms with Gasteiger partial charge in [-0.2, -0.15) is 13.2 Å². The number of nitrogens with zero attached hydrogens (tertiary/aromatic N) is 1. The first-order valence-corrected chi connectivity index (χ1v) is 13.1. The van der Waals surface area contributed by atoms with E-state index in [0.29, 0.717) is 5.56 Å². The van der Waals surface area contributed by atoms with Gasteiger partial charge < -0.3 is 8.97 Å². The molecule has 0 bridgehead atoms. The number of methoxy groups -OCH3 is 1. The van der Waals surface area contributed by atoms with Crippen molar-refractivity contribution < 1.29 is 22.7 Å². The van der Waals surface area contributed by atoms with Gasteiger partial charge in [0.15, 0.2) is 8.24 Å². The Kier molecular flexibility index (Phi) is 5.86. The van der Waals surface area contributed by atoms with E-state index in [4.69, 9.17) is 4.74 Å². The van der Waals surface area contributed by atoms with Gasteiger partial charge in [0.2, 0.25) is 0 Å². The fraction of sp³-hybridized carbons (Fsp3) is 0.375. The second-order valence-electron chi connectivity index (χ2n) is 9.36. The van der Waals surface area contributed by atoms with E-state index in [0.717, 1.165) is 23.0 Å². The number of aromatic nitrogens is 1. The highest BCUT2D eigenvalue weighted by Gasteiger charge is 2.40. The number of hydrogen-bond donors (Lipinski definition) is 0. The summed E-state index contributed by atoms with van der Waals surface area (Å²) in [6.45, 7) is 11.1. The normalized spacial score (nSPS) is 14.0. The van der Waals surface area contributed by atoms with Crippen LogP contribution in [0.4, 0.5) is 13.2 Å². The summed E-state index contributed by atoms with van der Waals surface area (Å²) in [5.74, 6) is -1.54. The topological polar surface area (TPSA) is 31.2 Å². The molecule has 1 atom stereocenters. The van der Waals surface area contributed by atoms with Crippen LogP contribution in [-0.4, -0.2) is 25.5 Å². The fourth-order valence-corrected chi connectivity index (χ4v) is 5.70. The minimum absolute atomic E-state index is 0.0169.